The van der Waals surface area contributed by atoms with Crippen LogP contribution in [0.2, 0.25) is 0 Å². The molecule has 0 saturated carbocycles. The van der Waals surface area contributed by atoms with Crippen molar-refractivity contribution >= 4 is 28.6 Å². The summed E-state index contributed by atoms with van der Waals surface area (Å²) in [5.41, 5.74) is 6.53. The lowest BCUT2D eigenvalue weighted by atomic mass is 10.2. The third kappa shape index (κ3) is 3.95. The number of carbonyl (C=O) groups is 1. The highest BCUT2D eigenvalue weighted by Gasteiger charge is 2.21. The number of para-hydroxylation sites is 3. The van der Waals surface area contributed by atoms with Gasteiger partial charge >= 0.3 is 0 Å². The van der Waals surface area contributed by atoms with E-state index in [9.17, 15) is 4.79 Å². The van der Waals surface area contributed by atoms with Crippen LogP contribution in [0.4, 0.5) is 0 Å². The van der Waals surface area contributed by atoms with Gasteiger partial charge in [0.1, 0.15) is 13.2 Å². The lowest BCUT2D eigenvalue weighted by Crippen LogP contribution is -2.15. The number of ether oxygens (including phenoxy) is 2. The zero-order valence-corrected chi connectivity index (χ0v) is 20.9. The molecule has 2 aromatic heterocycles. The number of thioether (sulfide) groups is 1. The average molecular weight is 496 g/mol. The number of imidazole rings is 1. The molecule has 3 heterocycles. The predicted molar refractivity (Wildman–Crippen MR) is 142 cm³/mol. The van der Waals surface area contributed by atoms with Crippen LogP contribution in [0.5, 0.6) is 11.5 Å². The number of aromatic nitrogens is 3. The maximum Gasteiger partial charge on any atom is 0.175 e. The summed E-state index contributed by atoms with van der Waals surface area (Å²) >= 11 is 1.47. The summed E-state index contributed by atoms with van der Waals surface area (Å²) in [7, 11) is 0. The van der Waals surface area contributed by atoms with Crippen LogP contribution in [0, 0.1) is 13.8 Å². The number of hydrogen-bond donors (Lipinski definition) is 0. The number of ketones is 1. The highest BCUT2D eigenvalue weighted by molar-refractivity contribution is 7.99. The van der Waals surface area contributed by atoms with E-state index in [-0.39, 0.29) is 5.78 Å². The van der Waals surface area contributed by atoms with Gasteiger partial charge in [-0.15, -0.1) is 0 Å². The number of rotatable bonds is 6. The van der Waals surface area contributed by atoms with Gasteiger partial charge in [0, 0.05) is 34.4 Å². The fourth-order valence-electron chi connectivity index (χ4n) is 4.75. The minimum atomic E-state index is 0.0727. The van der Waals surface area contributed by atoms with Crippen LogP contribution in [-0.4, -0.2) is 38.9 Å². The van der Waals surface area contributed by atoms with E-state index in [4.69, 9.17) is 14.5 Å². The van der Waals surface area contributed by atoms with Crippen LogP contribution in [0.15, 0.2) is 84.0 Å². The monoisotopic (exact) mass is 495 g/mol. The van der Waals surface area contributed by atoms with Crippen molar-refractivity contribution in [2.45, 2.75) is 19.0 Å². The van der Waals surface area contributed by atoms with Gasteiger partial charge in [-0.2, -0.15) is 0 Å². The number of nitrogens with zero attached hydrogens (tertiary/aromatic N) is 3. The zero-order chi connectivity index (χ0) is 24.6. The maximum atomic E-state index is 13.4. The number of hydrogen-bond acceptors (Lipinski definition) is 5. The molecule has 1 aliphatic heterocycles. The number of aryl methyl sites for hydroxylation is 1. The van der Waals surface area contributed by atoms with Gasteiger partial charge in [-0.25, -0.2) is 4.98 Å². The molecule has 0 aliphatic carbocycles. The van der Waals surface area contributed by atoms with E-state index in [0.29, 0.717) is 19.0 Å². The van der Waals surface area contributed by atoms with E-state index in [1.807, 2.05) is 74.5 Å². The Hall–Kier alpha value is -3.97. The van der Waals surface area contributed by atoms with Crippen molar-refractivity contribution in [3.05, 3.63) is 95.8 Å². The Bertz CT molecular complexity index is 1590. The molecular weight excluding hydrogens is 470 g/mol. The highest BCUT2D eigenvalue weighted by atomic mass is 32.2. The SMILES string of the molecule is Cc1cc(C(=O)CSc2nc3ccccc3n2-c2ccccc2)c(C)n1-c1ccc2c(c1)OCCO2. The fourth-order valence-corrected chi connectivity index (χ4v) is 5.66. The molecule has 0 unspecified atom stereocenters. The van der Waals surface area contributed by atoms with E-state index < -0.39 is 0 Å². The summed E-state index contributed by atoms with van der Waals surface area (Å²) in [5.74, 6) is 1.85. The van der Waals surface area contributed by atoms with Crippen LogP contribution < -0.4 is 9.47 Å². The summed E-state index contributed by atoms with van der Waals surface area (Å²) in [6.45, 7) is 5.10. The Morgan fingerprint density at radius 3 is 2.44 bits per heavy atom. The molecule has 0 radical (unpaired) electrons. The van der Waals surface area contributed by atoms with Gasteiger partial charge in [0.15, 0.2) is 22.4 Å². The molecule has 1 aliphatic rings. The Morgan fingerprint density at radius 1 is 0.861 bits per heavy atom. The molecule has 0 fully saturated rings. The molecule has 3 aromatic carbocycles. The molecule has 5 aromatic rings. The Balaban J connectivity index is 1.29. The number of Topliss-reactive ketones (excluding diaryl/α,β-unsaturated/α-hetero) is 1. The molecule has 6 nitrogen and oxygen atoms in total. The molecular formula is C29H25N3O3S. The first-order chi connectivity index (χ1) is 17.6. The lowest BCUT2D eigenvalue weighted by molar-refractivity contribution is 0.102. The first kappa shape index (κ1) is 22.5. The largest absolute Gasteiger partial charge is 0.486 e. The van der Waals surface area contributed by atoms with Crippen LogP contribution in [0.25, 0.3) is 22.4 Å². The summed E-state index contributed by atoms with van der Waals surface area (Å²) in [6.07, 6.45) is 0. The van der Waals surface area contributed by atoms with Crippen LogP contribution in [0.3, 0.4) is 0 Å². The van der Waals surface area contributed by atoms with Gasteiger partial charge in [0.2, 0.25) is 0 Å². The third-order valence-corrected chi connectivity index (χ3v) is 7.33. The topological polar surface area (TPSA) is 58.3 Å². The van der Waals surface area contributed by atoms with Crippen LogP contribution in [-0.2, 0) is 0 Å². The molecule has 0 atom stereocenters. The first-order valence-corrected chi connectivity index (χ1v) is 12.9. The Labute approximate surface area is 213 Å². The number of carbonyl (C=O) groups excluding carboxylic acids is 1. The van der Waals surface area contributed by atoms with E-state index in [1.54, 1.807) is 0 Å². The smallest absolute Gasteiger partial charge is 0.175 e. The maximum absolute atomic E-state index is 13.4. The number of benzene rings is 3. The lowest BCUT2D eigenvalue weighted by Gasteiger charge is -2.20. The van der Waals surface area contributed by atoms with E-state index >= 15 is 0 Å². The first-order valence-electron chi connectivity index (χ1n) is 11.9. The van der Waals surface area contributed by atoms with E-state index in [0.717, 1.165) is 56.0 Å². The molecule has 180 valence electrons. The van der Waals surface area contributed by atoms with Gasteiger partial charge < -0.3 is 14.0 Å². The molecule has 36 heavy (non-hydrogen) atoms. The molecule has 0 saturated heterocycles. The van der Waals surface area contributed by atoms with Crippen molar-refractivity contribution in [1.82, 2.24) is 14.1 Å². The molecule has 0 spiro atoms. The van der Waals surface area contributed by atoms with Crippen molar-refractivity contribution < 1.29 is 14.3 Å². The summed E-state index contributed by atoms with van der Waals surface area (Å²) in [6, 6.07) is 26.0. The summed E-state index contributed by atoms with van der Waals surface area (Å²) < 4.78 is 15.6. The van der Waals surface area contributed by atoms with Gasteiger partial charge in [-0.05, 0) is 56.3 Å². The normalized spacial score (nSPS) is 12.7. The second-order valence-electron chi connectivity index (χ2n) is 8.71. The second-order valence-corrected chi connectivity index (χ2v) is 9.66. The van der Waals surface area contributed by atoms with Gasteiger partial charge in [-0.1, -0.05) is 42.1 Å². The molecule has 6 rings (SSSR count). The van der Waals surface area contributed by atoms with Crippen LogP contribution >= 0.6 is 11.8 Å². The van der Waals surface area contributed by atoms with Gasteiger partial charge in [-0.3, -0.25) is 9.36 Å². The van der Waals surface area contributed by atoms with Gasteiger partial charge in [0.05, 0.1) is 16.8 Å². The van der Waals surface area contributed by atoms with Crippen molar-refractivity contribution in [3.8, 4) is 22.9 Å². The molecule has 7 heteroatoms. The fraction of sp³-hybridized carbons (Fsp3) is 0.172. The Kier molecular flexibility index (Phi) is 5.77. The molecule has 0 amide bonds. The van der Waals surface area contributed by atoms with Crippen molar-refractivity contribution in [2.75, 3.05) is 19.0 Å². The summed E-state index contributed by atoms with van der Waals surface area (Å²) in [5, 5.41) is 0.802. The molecule has 0 N–H and O–H groups in total. The van der Waals surface area contributed by atoms with Crippen LogP contribution in [0.1, 0.15) is 21.7 Å². The van der Waals surface area contributed by atoms with Gasteiger partial charge in [0.25, 0.3) is 0 Å². The average Bonchev–Trinajstić information content (AvgIpc) is 3.43. The number of fused-ring (bicyclic) bond motifs is 2. The standard InChI is InChI=1S/C29H25N3O3S/c1-19-16-23(20(2)31(19)22-12-13-27-28(17-22)35-15-14-34-27)26(33)18-36-29-30-24-10-6-7-11-25(24)32(29)21-8-4-3-5-9-21/h3-13,16-17H,14-15,18H2,1-2H3. The van der Waals surface area contributed by atoms with Crippen molar-refractivity contribution in [2.24, 2.45) is 0 Å². The molecule has 0 bridgehead atoms. The zero-order valence-electron chi connectivity index (χ0n) is 20.1. The third-order valence-electron chi connectivity index (χ3n) is 6.39. The quantitative estimate of drug-likeness (QED) is 0.208. The van der Waals surface area contributed by atoms with Crippen molar-refractivity contribution in [3.63, 3.8) is 0 Å². The highest BCUT2D eigenvalue weighted by Crippen LogP contribution is 2.34. The minimum Gasteiger partial charge on any atom is -0.486 e. The van der Waals surface area contributed by atoms with E-state index in [1.165, 1.54) is 11.8 Å². The minimum absolute atomic E-state index is 0.0727. The van der Waals surface area contributed by atoms with E-state index in [2.05, 4.69) is 27.3 Å². The predicted octanol–water partition coefficient (Wildman–Crippen LogP) is 6.18. The Morgan fingerprint density at radius 2 is 1.61 bits per heavy atom. The van der Waals surface area contributed by atoms with Crippen molar-refractivity contribution in [1.29, 1.82) is 0 Å². The summed E-state index contributed by atoms with van der Waals surface area (Å²) in [4.78, 5) is 18.2. The second kappa shape index (κ2) is 9.24.